The smallest absolute Gasteiger partial charge is 0.0626 e. The van der Waals surface area contributed by atoms with Crippen LogP contribution < -0.4 is 0 Å². The fourth-order valence-corrected chi connectivity index (χ4v) is 1.53. The molecule has 0 aromatic heterocycles. The molecule has 1 fully saturated rings. The largest absolute Gasteiger partial charge is 0.411 e. The van der Waals surface area contributed by atoms with Gasteiger partial charge in [-0.3, -0.25) is 0 Å². The summed E-state index contributed by atoms with van der Waals surface area (Å²) in [5.74, 6) is 0. The number of hydrogen-bond acceptors (Lipinski definition) is 2. The summed E-state index contributed by atoms with van der Waals surface area (Å²) in [6, 6.07) is 0. The fourth-order valence-electron chi connectivity index (χ4n) is 1.53. The summed E-state index contributed by atoms with van der Waals surface area (Å²) in [6.07, 6.45) is 4.59. The molecule has 0 aliphatic heterocycles. The van der Waals surface area contributed by atoms with Crippen LogP contribution >= 0.6 is 0 Å². The lowest BCUT2D eigenvalue weighted by molar-refractivity contribution is 0.296. The maximum Gasteiger partial charge on any atom is 0.0626 e. The second-order valence-corrected chi connectivity index (χ2v) is 3.64. The van der Waals surface area contributed by atoms with Crippen molar-refractivity contribution in [2.75, 3.05) is 0 Å². The molecule has 10 heavy (non-hydrogen) atoms. The minimum atomic E-state index is 0.146. The van der Waals surface area contributed by atoms with Crippen molar-refractivity contribution in [3.8, 4) is 0 Å². The quantitative estimate of drug-likeness (QED) is 0.408. The Balaban J connectivity index is 2.70. The van der Waals surface area contributed by atoms with E-state index in [9.17, 15) is 0 Å². The Morgan fingerprint density at radius 1 is 1.40 bits per heavy atom. The van der Waals surface area contributed by atoms with Gasteiger partial charge < -0.3 is 5.21 Å². The molecule has 0 heterocycles. The predicted octanol–water partition coefficient (Wildman–Crippen LogP) is 2.42. The van der Waals surface area contributed by atoms with Crippen molar-refractivity contribution in [1.82, 2.24) is 0 Å². The standard InChI is InChI=1S/C8H15NO/c1-8(2)6-4-3-5-7(8)9-10/h10H,3-6H2,1-2H3/b9-7-. The van der Waals surface area contributed by atoms with E-state index in [1.54, 1.807) is 0 Å². The third kappa shape index (κ3) is 1.31. The molecule has 0 bridgehead atoms. The predicted molar refractivity (Wildman–Crippen MR) is 41.5 cm³/mol. The van der Waals surface area contributed by atoms with Crippen molar-refractivity contribution < 1.29 is 5.21 Å². The summed E-state index contributed by atoms with van der Waals surface area (Å²) in [5.41, 5.74) is 1.12. The molecule has 1 aliphatic carbocycles. The molecule has 2 nitrogen and oxygen atoms in total. The van der Waals surface area contributed by atoms with Crippen molar-refractivity contribution in [1.29, 1.82) is 0 Å². The monoisotopic (exact) mass is 141 g/mol. The van der Waals surface area contributed by atoms with Crippen LogP contribution in [0.5, 0.6) is 0 Å². The third-order valence-corrected chi connectivity index (χ3v) is 2.37. The first-order valence-corrected chi connectivity index (χ1v) is 3.88. The molecular weight excluding hydrogens is 126 g/mol. The molecule has 0 atom stereocenters. The van der Waals surface area contributed by atoms with E-state index in [-0.39, 0.29) is 5.41 Å². The molecule has 0 spiro atoms. The van der Waals surface area contributed by atoms with Crippen molar-refractivity contribution in [2.24, 2.45) is 10.6 Å². The highest BCUT2D eigenvalue weighted by Gasteiger charge is 2.28. The lowest BCUT2D eigenvalue weighted by Gasteiger charge is -2.29. The Bertz CT molecular complexity index is 149. The van der Waals surface area contributed by atoms with Gasteiger partial charge in [-0.05, 0) is 19.3 Å². The van der Waals surface area contributed by atoms with Crippen LogP contribution in [0.3, 0.4) is 0 Å². The molecule has 1 saturated carbocycles. The molecule has 0 aromatic carbocycles. The second-order valence-electron chi connectivity index (χ2n) is 3.64. The third-order valence-electron chi connectivity index (χ3n) is 2.37. The summed E-state index contributed by atoms with van der Waals surface area (Å²) in [6.45, 7) is 4.28. The molecule has 0 amide bonds. The fraction of sp³-hybridized carbons (Fsp3) is 0.875. The summed E-state index contributed by atoms with van der Waals surface area (Å²) in [4.78, 5) is 0. The molecule has 0 aromatic rings. The first kappa shape index (κ1) is 7.58. The van der Waals surface area contributed by atoms with E-state index in [0.29, 0.717) is 0 Å². The molecule has 2 heteroatoms. The van der Waals surface area contributed by atoms with Crippen molar-refractivity contribution in [3.63, 3.8) is 0 Å². The minimum absolute atomic E-state index is 0.146. The van der Waals surface area contributed by atoms with Gasteiger partial charge in [0.2, 0.25) is 0 Å². The van der Waals surface area contributed by atoms with Gasteiger partial charge in [0, 0.05) is 5.41 Å². The van der Waals surface area contributed by atoms with E-state index in [1.165, 1.54) is 12.8 Å². The van der Waals surface area contributed by atoms with Gasteiger partial charge in [0.1, 0.15) is 0 Å². The molecule has 1 rings (SSSR count). The van der Waals surface area contributed by atoms with Crippen LogP contribution in [0.4, 0.5) is 0 Å². The molecule has 0 saturated heterocycles. The Morgan fingerprint density at radius 3 is 2.50 bits per heavy atom. The van der Waals surface area contributed by atoms with Gasteiger partial charge in [-0.2, -0.15) is 0 Å². The van der Waals surface area contributed by atoms with E-state index >= 15 is 0 Å². The molecule has 0 unspecified atom stereocenters. The summed E-state index contributed by atoms with van der Waals surface area (Å²) < 4.78 is 0. The van der Waals surface area contributed by atoms with Crippen LogP contribution in [0.15, 0.2) is 5.16 Å². The number of hydrogen-bond donors (Lipinski definition) is 1. The topological polar surface area (TPSA) is 32.6 Å². The number of nitrogens with zero attached hydrogens (tertiary/aromatic N) is 1. The van der Waals surface area contributed by atoms with E-state index in [4.69, 9.17) is 5.21 Å². The lowest BCUT2D eigenvalue weighted by atomic mass is 9.76. The van der Waals surface area contributed by atoms with Crippen molar-refractivity contribution in [2.45, 2.75) is 39.5 Å². The Labute approximate surface area is 61.9 Å². The SMILES string of the molecule is CC1(C)CCCC/C1=N/O. The summed E-state index contributed by atoms with van der Waals surface area (Å²) in [7, 11) is 0. The van der Waals surface area contributed by atoms with Gasteiger partial charge in [-0.1, -0.05) is 25.4 Å². The van der Waals surface area contributed by atoms with Gasteiger partial charge >= 0.3 is 0 Å². The normalized spacial score (nSPS) is 28.8. The maximum atomic E-state index is 8.61. The Kier molecular flexibility index (Phi) is 1.97. The molecular formula is C8H15NO. The van der Waals surface area contributed by atoms with E-state index in [0.717, 1.165) is 18.6 Å². The zero-order valence-electron chi connectivity index (χ0n) is 6.72. The molecule has 1 N–H and O–H groups in total. The number of oxime groups is 1. The summed E-state index contributed by atoms with van der Waals surface area (Å²) in [5, 5.41) is 11.9. The highest BCUT2D eigenvalue weighted by molar-refractivity contribution is 5.89. The zero-order chi connectivity index (χ0) is 7.61. The zero-order valence-corrected chi connectivity index (χ0v) is 6.72. The second kappa shape index (κ2) is 2.60. The van der Waals surface area contributed by atoms with Crippen molar-refractivity contribution in [3.05, 3.63) is 0 Å². The van der Waals surface area contributed by atoms with Crippen LogP contribution in [0.2, 0.25) is 0 Å². The van der Waals surface area contributed by atoms with Crippen LogP contribution in [-0.4, -0.2) is 10.9 Å². The first-order valence-electron chi connectivity index (χ1n) is 3.88. The molecule has 0 radical (unpaired) electrons. The van der Waals surface area contributed by atoms with Gasteiger partial charge in [0.15, 0.2) is 0 Å². The maximum absolute atomic E-state index is 8.61. The van der Waals surface area contributed by atoms with Gasteiger partial charge in [0.05, 0.1) is 5.71 Å². The van der Waals surface area contributed by atoms with E-state index in [1.807, 2.05) is 0 Å². The highest BCUT2D eigenvalue weighted by atomic mass is 16.4. The van der Waals surface area contributed by atoms with Gasteiger partial charge in [-0.15, -0.1) is 0 Å². The van der Waals surface area contributed by atoms with Crippen LogP contribution in [0.25, 0.3) is 0 Å². The minimum Gasteiger partial charge on any atom is -0.411 e. The summed E-state index contributed by atoms with van der Waals surface area (Å²) >= 11 is 0. The highest BCUT2D eigenvalue weighted by Crippen LogP contribution is 2.32. The average Bonchev–Trinajstić information content (AvgIpc) is 1.87. The number of rotatable bonds is 0. The van der Waals surface area contributed by atoms with E-state index in [2.05, 4.69) is 19.0 Å². The average molecular weight is 141 g/mol. The van der Waals surface area contributed by atoms with Gasteiger partial charge in [-0.25, -0.2) is 0 Å². The molecule has 1 aliphatic rings. The van der Waals surface area contributed by atoms with E-state index < -0.39 is 0 Å². The van der Waals surface area contributed by atoms with Gasteiger partial charge in [0.25, 0.3) is 0 Å². The Morgan fingerprint density at radius 2 is 2.10 bits per heavy atom. The molecule has 58 valence electrons. The lowest BCUT2D eigenvalue weighted by Crippen LogP contribution is -2.27. The Hall–Kier alpha value is -0.530. The van der Waals surface area contributed by atoms with Crippen LogP contribution in [-0.2, 0) is 0 Å². The van der Waals surface area contributed by atoms with Crippen molar-refractivity contribution >= 4 is 5.71 Å². The van der Waals surface area contributed by atoms with Crippen LogP contribution in [0.1, 0.15) is 39.5 Å². The van der Waals surface area contributed by atoms with Crippen LogP contribution in [0, 0.1) is 5.41 Å². The first-order chi connectivity index (χ1) is 4.67.